The molecule has 0 radical (unpaired) electrons. The number of carbonyl (C=O) groups is 1. The van der Waals surface area contributed by atoms with Crippen molar-refractivity contribution in [1.82, 2.24) is 14.3 Å². The summed E-state index contributed by atoms with van der Waals surface area (Å²) in [7, 11) is 0. The largest absolute Gasteiger partial charge is 0.317 e. The maximum Gasteiger partial charge on any atom is 0.297 e. The number of carbonyl (C=O) groups excluding carboxylic acids is 1. The normalized spacial score (nSPS) is 12.5. The fourth-order valence-corrected chi connectivity index (χ4v) is 3.77. The molecule has 2 heterocycles. The van der Waals surface area contributed by atoms with E-state index < -0.39 is 0 Å². The summed E-state index contributed by atoms with van der Waals surface area (Å²) >= 11 is 1.31. The van der Waals surface area contributed by atoms with Crippen LogP contribution in [0.3, 0.4) is 0 Å². The zero-order valence-electron chi connectivity index (χ0n) is 14.1. The molecule has 0 saturated carbocycles. The van der Waals surface area contributed by atoms with E-state index in [-0.39, 0.29) is 17.8 Å². The van der Waals surface area contributed by atoms with Gasteiger partial charge in [-0.1, -0.05) is 11.3 Å². The van der Waals surface area contributed by atoms with E-state index >= 15 is 0 Å². The Morgan fingerprint density at radius 3 is 2.79 bits per heavy atom. The number of aryl methyl sites for hydroxylation is 2. The fraction of sp³-hybridized carbons (Fsp3) is 0.353. The van der Waals surface area contributed by atoms with E-state index in [1.807, 2.05) is 32.3 Å². The summed E-state index contributed by atoms with van der Waals surface area (Å²) in [6.45, 7) is 8.42. The van der Waals surface area contributed by atoms with Gasteiger partial charge in [-0.3, -0.25) is 9.48 Å². The Morgan fingerprint density at radius 1 is 1.38 bits per heavy atom. The second-order valence-electron chi connectivity index (χ2n) is 5.87. The monoisotopic (exact) mass is 346 g/mol. The predicted molar refractivity (Wildman–Crippen MR) is 92.7 cm³/mol. The summed E-state index contributed by atoms with van der Waals surface area (Å²) in [5, 5.41) is 4.35. The predicted octanol–water partition coefficient (Wildman–Crippen LogP) is 3.69. The van der Waals surface area contributed by atoms with Crippen LogP contribution in [0.15, 0.2) is 29.3 Å². The van der Waals surface area contributed by atoms with Crippen LogP contribution in [-0.2, 0) is 6.54 Å². The molecule has 2 aromatic heterocycles. The molecular formula is C17H19FN4OS. The van der Waals surface area contributed by atoms with Gasteiger partial charge in [-0.05, 0) is 52.0 Å². The minimum atomic E-state index is -0.335. The molecule has 0 N–H and O–H groups in total. The van der Waals surface area contributed by atoms with Crippen LogP contribution in [-0.4, -0.2) is 20.3 Å². The number of nitrogens with zero attached hydrogens (tertiary/aromatic N) is 4. The second kappa shape index (κ2) is 6.32. The van der Waals surface area contributed by atoms with Crippen molar-refractivity contribution < 1.29 is 9.18 Å². The van der Waals surface area contributed by atoms with Crippen molar-refractivity contribution in [2.24, 2.45) is 4.99 Å². The molecule has 1 aromatic carbocycles. The highest BCUT2D eigenvalue weighted by Crippen LogP contribution is 2.19. The number of aromatic nitrogens is 3. The van der Waals surface area contributed by atoms with Gasteiger partial charge in [0.15, 0.2) is 4.80 Å². The topological polar surface area (TPSA) is 52.2 Å². The Morgan fingerprint density at radius 2 is 2.12 bits per heavy atom. The number of fused-ring (bicyclic) bond motifs is 1. The van der Waals surface area contributed by atoms with Crippen LogP contribution in [0.25, 0.3) is 10.2 Å². The lowest BCUT2D eigenvalue weighted by Gasteiger charge is -2.08. The molecule has 24 heavy (non-hydrogen) atoms. The third kappa shape index (κ3) is 2.91. The molecule has 3 rings (SSSR count). The molecule has 0 atom stereocenters. The summed E-state index contributed by atoms with van der Waals surface area (Å²) in [5.74, 6) is -0.628. The highest BCUT2D eigenvalue weighted by atomic mass is 32.1. The molecule has 0 unspecified atom stereocenters. The van der Waals surface area contributed by atoms with Crippen LogP contribution in [0.1, 0.15) is 43.0 Å². The quantitative estimate of drug-likeness (QED) is 0.726. The van der Waals surface area contributed by atoms with Gasteiger partial charge in [0.25, 0.3) is 5.91 Å². The standard InChI is InChI=1S/C17H19FN4OS/c1-5-21-13-7-6-12(18)9-15(13)24-17(21)19-16(23)14-8-11(4)20-22(14)10(2)3/h6-10H,5H2,1-4H3. The number of hydrogen-bond donors (Lipinski definition) is 0. The minimum absolute atomic E-state index is 0.0719. The van der Waals surface area contributed by atoms with Crippen LogP contribution in [0.2, 0.25) is 0 Å². The van der Waals surface area contributed by atoms with E-state index in [1.165, 1.54) is 23.5 Å². The van der Waals surface area contributed by atoms with Crippen molar-refractivity contribution in [1.29, 1.82) is 0 Å². The molecule has 0 aliphatic carbocycles. The molecule has 5 nitrogen and oxygen atoms in total. The smallest absolute Gasteiger partial charge is 0.297 e. The summed E-state index contributed by atoms with van der Waals surface area (Å²) < 4.78 is 17.8. The maximum atomic E-state index is 13.4. The van der Waals surface area contributed by atoms with E-state index in [2.05, 4.69) is 10.1 Å². The summed E-state index contributed by atoms with van der Waals surface area (Å²) in [4.78, 5) is 17.5. The van der Waals surface area contributed by atoms with Gasteiger partial charge in [-0.15, -0.1) is 0 Å². The second-order valence-corrected chi connectivity index (χ2v) is 6.88. The molecule has 3 aromatic rings. The SMILES string of the molecule is CCn1c(=NC(=O)c2cc(C)nn2C(C)C)sc2cc(F)ccc21. The third-order valence-electron chi connectivity index (χ3n) is 3.72. The van der Waals surface area contributed by atoms with Crippen molar-refractivity contribution >= 4 is 27.5 Å². The summed E-state index contributed by atoms with van der Waals surface area (Å²) in [6, 6.07) is 6.43. The molecule has 0 aliphatic heterocycles. The number of hydrogen-bond acceptors (Lipinski definition) is 3. The summed E-state index contributed by atoms with van der Waals surface area (Å²) in [5.41, 5.74) is 2.13. The minimum Gasteiger partial charge on any atom is -0.317 e. The van der Waals surface area contributed by atoms with Gasteiger partial charge in [0.2, 0.25) is 0 Å². The molecule has 0 saturated heterocycles. The number of thiazole rings is 1. The van der Waals surface area contributed by atoms with Crippen LogP contribution in [0.4, 0.5) is 4.39 Å². The number of benzene rings is 1. The van der Waals surface area contributed by atoms with Crippen LogP contribution >= 0.6 is 11.3 Å². The molecule has 7 heteroatoms. The zero-order valence-corrected chi connectivity index (χ0v) is 14.9. The Hall–Kier alpha value is -2.28. The first-order chi connectivity index (χ1) is 11.4. The Labute approximate surface area is 143 Å². The highest BCUT2D eigenvalue weighted by molar-refractivity contribution is 7.16. The van der Waals surface area contributed by atoms with E-state index in [4.69, 9.17) is 0 Å². The lowest BCUT2D eigenvalue weighted by atomic mass is 10.3. The van der Waals surface area contributed by atoms with Crippen molar-refractivity contribution in [3.63, 3.8) is 0 Å². The van der Waals surface area contributed by atoms with Gasteiger partial charge in [0.05, 0.1) is 15.9 Å². The van der Waals surface area contributed by atoms with Crippen LogP contribution in [0, 0.1) is 12.7 Å². The average Bonchev–Trinajstić information content (AvgIpc) is 3.06. The Balaban J connectivity index is 2.15. The van der Waals surface area contributed by atoms with Crippen molar-refractivity contribution in [3.8, 4) is 0 Å². The first-order valence-corrected chi connectivity index (χ1v) is 8.66. The number of amides is 1. The van der Waals surface area contributed by atoms with Gasteiger partial charge in [-0.25, -0.2) is 4.39 Å². The van der Waals surface area contributed by atoms with Crippen molar-refractivity contribution in [2.45, 2.75) is 40.3 Å². The first-order valence-electron chi connectivity index (χ1n) is 7.84. The van der Waals surface area contributed by atoms with E-state index in [9.17, 15) is 9.18 Å². The van der Waals surface area contributed by atoms with Crippen molar-refractivity contribution in [3.05, 3.63) is 46.3 Å². The molecule has 0 spiro atoms. The number of halogens is 1. The lowest BCUT2D eigenvalue weighted by molar-refractivity contribution is 0.0986. The van der Waals surface area contributed by atoms with Gasteiger partial charge in [-0.2, -0.15) is 10.1 Å². The molecule has 0 bridgehead atoms. The van der Waals surface area contributed by atoms with Gasteiger partial charge in [0, 0.05) is 12.6 Å². The molecular weight excluding hydrogens is 327 g/mol. The Kier molecular flexibility index (Phi) is 4.36. The number of rotatable bonds is 3. The van der Waals surface area contributed by atoms with Crippen LogP contribution in [0.5, 0.6) is 0 Å². The van der Waals surface area contributed by atoms with Gasteiger partial charge < -0.3 is 4.57 Å². The van der Waals surface area contributed by atoms with E-state index in [1.54, 1.807) is 16.8 Å². The highest BCUT2D eigenvalue weighted by Gasteiger charge is 2.16. The average molecular weight is 346 g/mol. The lowest BCUT2D eigenvalue weighted by Crippen LogP contribution is -2.18. The molecule has 0 aliphatic rings. The third-order valence-corrected chi connectivity index (χ3v) is 4.77. The van der Waals surface area contributed by atoms with Gasteiger partial charge >= 0.3 is 0 Å². The molecule has 0 fully saturated rings. The molecule has 1 amide bonds. The van der Waals surface area contributed by atoms with Crippen LogP contribution < -0.4 is 4.80 Å². The summed E-state index contributed by atoms with van der Waals surface area (Å²) in [6.07, 6.45) is 0. The maximum absolute atomic E-state index is 13.4. The van der Waals surface area contributed by atoms with E-state index in [0.717, 1.165) is 15.9 Å². The first kappa shape index (κ1) is 16.6. The van der Waals surface area contributed by atoms with E-state index in [0.29, 0.717) is 17.0 Å². The molecule has 126 valence electrons. The fourth-order valence-electron chi connectivity index (χ4n) is 2.65. The Bertz CT molecular complexity index is 980. The van der Waals surface area contributed by atoms with Crippen molar-refractivity contribution in [2.75, 3.05) is 0 Å². The van der Waals surface area contributed by atoms with Gasteiger partial charge in [0.1, 0.15) is 11.5 Å². The zero-order chi connectivity index (χ0) is 17.4.